The number of rotatable bonds is 6. The molecule has 6 nitrogen and oxygen atoms in total. The van der Waals surface area contributed by atoms with E-state index in [9.17, 15) is 9.18 Å². The van der Waals surface area contributed by atoms with Crippen molar-refractivity contribution in [2.75, 3.05) is 12.4 Å². The Morgan fingerprint density at radius 2 is 2.10 bits per heavy atom. The largest absolute Gasteiger partial charge is 0.494 e. The van der Waals surface area contributed by atoms with E-state index in [1.165, 1.54) is 25.3 Å². The summed E-state index contributed by atoms with van der Waals surface area (Å²) in [5, 5.41) is 14.5. The van der Waals surface area contributed by atoms with Gasteiger partial charge in [-0.05, 0) is 25.0 Å². The molecule has 0 atom stereocenters. The van der Waals surface area contributed by atoms with E-state index >= 15 is 0 Å². The van der Waals surface area contributed by atoms with Crippen LogP contribution in [0.5, 0.6) is 5.75 Å². The maximum atomic E-state index is 13.3. The molecular weight excluding hydrogens is 277 g/mol. The van der Waals surface area contributed by atoms with E-state index in [2.05, 4.69) is 10.5 Å². The second-order valence-electron chi connectivity index (χ2n) is 4.58. The van der Waals surface area contributed by atoms with Crippen LogP contribution in [0.2, 0.25) is 0 Å². The van der Waals surface area contributed by atoms with Gasteiger partial charge in [-0.25, -0.2) is 4.39 Å². The number of amidine groups is 1. The number of carbonyl (C=O) groups excluding carboxylic acids is 1. The molecule has 0 bridgehead atoms. The van der Waals surface area contributed by atoms with E-state index in [1.807, 2.05) is 0 Å². The highest BCUT2D eigenvalue weighted by atomic mass is 19.1. The topological polar surface area (TPSA) is 96.9 Å². The van der Waals surface area contributed by atoms with Crippen LogP contribution in [0.4, 0.5) is 10.1 Å². The third-order valence-electron chi connectivity index (χ3n) is 3.65. The highest BCUT2D eigenvalue weighted by Crippen LogP contribution is 2.30. The second-order valence-corrected chi connectivity index (χ2v) is 4.58. The van der Waals surface area contributed by atoms with Gasteiger partial charge in [0.05, 0.1) is 7.11 Å². The van der Waals surface area contributed by atoms with Gasteiger partial charge in [0.2, 0.25) is 5.91 Å². The molecule has 7 heteroatoms. The number of methoxy groups -OCH3 is 1. The van der Waals surface area contributed by atoms with E-state index in [0.29, 0.717) is 18.5 Å². The number of nitrogens with two attached hydrogens (primary N) is 1. The van der Waals surface area contributed by atoms with Crippen molar-refractivity contribution in [3.63, 3.8) is 0 Å². The standard InChI is InChI=1S/C14H20FN3O3/c1-4-14(5-2,12(16)18-20)13(19)17-9-6-7-10(15)11(8-9)21-3/h6-8,20H,4-5H2,1-3H3,(H2,16,18)(H,17,19). The summed E-state index contributed by atoms with van der Waals surface area (Å²) in [7, 11) is 1.34. The summed E-state index contributed by atoms with van der Waals surface area (Å²) in [6.45, 7) is 3.54. The third-order valence-corrected chi connectivity index (χ3v) is 3.65. The molecule has 1 aromatic rings. The molecule has 0 unspecified atom stereocenters. The molecule has 0 radical (unpaired) electrons. The van der Waals surface area contributed by atoms with Gasteiger partial charge in [-0.1, -0.05) is 19.0 Å². The fourth-order valence-corrected chi connectivity index (χ4v) is 2.13. The number of oxime groups is 1. The van der Waals surface area contributed by atoms with Crippen molar-refractivity contribution in [3.8, 4) is 5.75 Å². The summed E-state index contributed by atoms with van der Waals surface area (Å²) in [6.07, 6.45) is 0.729. The van der Waals surface area contributed by atoms with E-state index in [1.54, 1.807) is 13.8 Å². The van der Waals surface area contributed by atoms with Crippen molar-refractivity contribution in [1.29, 1.82) is 0 Å². The Kier molecular flexibility index (Phi) is 5.52. The Morgan fingerprint density at radius 3 is 2.57 bits per heavy atom. The average Bonchev–Trinajstić information content (AvgIpc) is 2.50. The number of hydrogen-bond acceptors (Lipinski definition) is 4. The van der Waals surface area contributed by atoms with E-state index in [4.69, 9.17) is 15.7 Å². The Labute approximate surface area is 122 Å². The average molecular weight is 297 g/mol. The van der Waals surface area contributed by atoms with Crippen LogP contribution in [0, 0.1) is 11.2 Å². The molecule has 0 aliphatic heterocycles. The number of anilines is 1. The number of amides is 1. The maximum absolute atomic E-state index is 13.3. The van der Waals surface area contributed by atoms with Crippen LogP contribution in [0.1, 0.15) is 26.7 Å². The lowest BCUT2D eigenvalue weighted by Crippen LogP contribution is -2.46. The molecule has 0 saturated carbocycles. The Morgan fingerprint density at radius 1 is 1.48 bits per heavy atom. The van der Waals surface area contributed by atoms with Gasteiger partial charge in [0, 0.05) is 11.8 Å². The van der Waals surface area contributed by atoms with Crippen molar-refractivity contribution < 1.29 is 19.1 Å². The molecule has 1 aromatic carbocycles. The number of nitrogens with zero attached hydrogens (tertiary/aromatic N) is 1. The molecule has 0 heterocycles. The SMILES string of the molecule is CCC(CC)(C(=O)Nc1ccc(F)c(OC)c1)/C(N)=N/O. The van der Waals surface area contributed by atoms with Gasteiger partial charge in [0.1, 0.15) is 5.41 Å². The molecule has 0 aliphatic rings. The summed E-state index contributed by atoms with van der Waals surface area (Å²) >= 11 is 0. The highest BCUT2D eigenvalue weighted by molar-refractivity contribution is 6.11. The van der Waals surface area contributed by atoms with Gasteiger partial charge in [0.25, 0.3) is 0 Å². The molecule has 0 fully saturated rings. The first-order valence-corrected chi connectivity index (χ1v) is 6.58. The van der Waals surface area contributed by atoms with E-state index in [-0.39, 0.29) is 11.6 Å². The highest BCUT2D eigenvalue weighted by Gasteiger charge is 2.39. The van der Waals surface area contributed by atoms with Crippen LogP contribution in [0.15, 0.2) is 23.4 Å². The van der Waals surface area contributed by atoms with Gasteiger partial charge in [-0.3, -0.25) is 4.79 Å². The monoisotopic (exact) mass is 297 g/mol. The zero-order valence-electron chi connectivity index (χ0n) is 12.3. The zero-order chi connectivity index (χ0) is 16.0. The predicted molar refractivity (Wildman–Crippen MR) is 78.0 cm³/mol. The lowest BCUT2D eigenvalue weighted by Gasteiger charge is -2.28. The zero-order valence-corrected chi connectivity index (χ0v) is 12.3. The summed E-state index contributed by atoms with van der Waals surface area (Å²) < 4.78 is 18.2. The lowest BCUT2D eigenvalue weighted by molar-refractivity contribution is -0.122. The minimum absolute atomic E-state index is 0.0233. The van der Waals surface area contributed by atoms with Gasteiger partial charge >= 0.3 is 0 Å². The van der Waals surface area contributed by atoms with Crippen LogP contribution in [0.3, 0.4) is 0 Å². The number of carbonyl (C=O) groups is 1. The predicted octanol–water partition coefficient (Wildman–Crippen LogP) is 2.33. The molecule has 4 N–H and O–H groups in total. The number of benzene rings is 1. The van der Waals surface area contributed by atoms with E-state index in [0.717, 1.165) is 0 Å². The van der Waals surface area contributed by atoms with Gasteiger partial charge in [-0.2, -0.15) is 0 Å². The van der Waals surface area contributed by atoms with Crippen LogP contribution >= 0.6 is 0 Å². The van der Waals surface area contributed by atoms with Gasteiger partial charge in [0.15, 0.2) is 17.4 Å². The number of ether oxygens (including phenoxy) is 1. The number of nitrogens with one attached hydrogen (secondary N) is 1. The first-order chi connectivity index (χ1) is 9.94. The molecule has 0 aromatic heterocycles. The van der Waals surface area contributed by atoms with Gasteiger partial charge < -0.3 is 21.0 Å². The van der Waals surface area contributed by atoms with Crippen molar-refractivity contribution in [2.24, 2.45) is 16.3 Å². The maximum Gasteiger partial charge on any atom is 0.238 e. The van der Waals surface area contributed by atoms with Crippen molar-refractivity contribution in [3.05, 3.63) is 24.0 Å². The summed E-state index contributed by atoms with van der Waals surface area (Å²) in [6, 6.07) is 3.98. The summed E-state index contributed by atoms with van der Waals surface area (Å²) in [4.78, 5) is 12.5. The number of hydrogen-bond donors (Lipinski definition) is 3. The minimum Gasteiger partial charge on any atom is -0.494 e. The van der Waals surface area contributed by atoms with Crippen molar-refractivity contribution in [2.45, 2.75) is 26.7 Å². The smallest absolute Gasteiger partial charge is 0.238 e. The Bertz CT molecular complexity index is 542. The van der Waals surface area contributed by atoms with Crippen LogP contribution < -0.4 is 15.8 Å². The second kappa shape index (κ2) is 6.92. The summed E-state index contributed by atoms with van der Waals surface area (Å²) in [5.74, 6) is -1.07. The fourth-order valence-electron chi connectivity index (χ4n) is 2.13. The lowest BCUT2D eigenvalue weighted by atomic mass is 9.80. The summed E-state index contributed by atoms with van der Waals surface area (Å²) in [5.41, 5.74) is 4.92. The van der Waals surface area contributed by atoms with Crippen LogP contribution in [-0.4, -0.2) is 24.1 Å². The molecule has 116 valence electrons. The molecular formula is C14H20FN3O3. The molecule has 0 saturated heterocycles. The molecule has 1 rings (SSSR count). The van der Waals surface area contributed by atoms with Crippen molar-refractivity contribution in [1.82, 2.24) is 0 Å². The first-order valence-electron chi connectivity index (χ1n) is 6.58. The Balaban J connectivity index is 3.08. The van der Waals surface area contributed by atoms with Crippen molar-refractivity contribution >= 4 is 17.4 Å². The first kappa shape index (κ1) is 16.7. The van der Waals surface area contributed by atoms with E-state index < -0.39 is 17.1 Å². The molecule has 0 spiro atoms. The molecule has 1 amide bonds. The van der Waals surface area contributed by atoms with Crippen LogP contribution in [-0.2, 0) is 4.79 Å². The third kappa shape index (κ3) is 3.24. The Hall–Kier alpha value is -2.31. The molecule has 21 heavy (non-hydrogen) atoms. The number of halogens is 1. The normalized spacial score (nSPS) is 12.1. The van der Waals surface area contributed by atoms with Crippen LogP contribution in [0.25, 0.3) is 0 Å². The van der Waals surface area contributed by atoms with Gasteiger partial charge in [-0.15, -0.1) is 0 Å². The molecule has 0 aliphatic carbocycles. The minimum atomic E-state index is -1.11. The fraction of sp³-hybridized carbons (Fsp3) is 0.429. The quantitative estimate of drug-likeness (QED) is 0.325.